The second-order valence-corrected chi connectivity index (χ2v) is 7.33. The number of hydrogen-bond donors (Lipinski definition) is 0. The van der Waals surface area contributed by atoms with Gasteiger partial charge in [0.1, 0.15) is 22.3 Å². The quantitative estimate of drug-likeness (QED) is 0.822. The maximum absolute atomic E-state index is 13.6. The summed E-state index contributed by atoms with van der Waals surface area (Å²) in [5.74, 6) is -0.793. The number of halogens is 1. The average molecular weight is 309 g/mol. The molecular formula is C14H16FN3O2S. The van der Waals surface area contributed by atoms with Gasteiger partial charge in [-0.25, -0.2) is 12.8 Å². The first kappa shape index (κ1) is 14.4. The molecule has 0 amide bonds. The predicted molar refractivity (Wildman–Crippen MR) is 74.5 cm³/mol. The zero-order chi connectivity index (χ0) is 15.0. The van der Waals surface area contributed by atoms with Crippen molar-refractivity contribution in [2.75, 3.05) is 26.2 Å². The summed E-state index contributed by atoms with van der Waals surface area (Å²) in [5.41, 5.74) is -0.397. The maximum Gasteiger partial charge on any atom is 0.244 e. The van der Waals surface area contributed by atoms with Crippen molar-refractivity contribution in [2.45, 2.75) is 23.8 Å². The first-order valence-corrected chi connectivity index (χ1v) is 8.41. The Morgan fingerprint density at radius 1 is 1.29 bits per heavy atom. The summed E-state index contributed by atoms with van der Waals surface area (Å²) in [4.78, 5) is 2.07. The number of benzene rings is 1. The van der Waals surface area contributed by atoms with Crippen LogP contribution in [0.15, 0.2) is 23.1 Å². The minimum absolute atomic E-state index is 0.226. The Labute approximate surface area is 123 Å². The van der Waals surface area contributed by atoms with Crippen molar-refractivity contribution in [3.8, 4) is 6.07 Å². The summed E-state index contributed by atoms with van der Waals surface area (Å²) in [6.45, 7) is 2.52. The first-order chi connectivity index (χ1) is 10.0. The Balaban J connectivity index is 1.94. The lowest BCUT2D eigenvalue weighted by atomic mass is 10.2. The van der Waals surface area contributed by atoms with E-state index >= 15 is 0 Å². The molecule has 112 valence electrons. The first-order valence-electron chi connectivity index (χ1n) is 6.97. The summed E-state index contributed by atoms with van der Waals surface area (Å²) in [7, 11) is -3.82. The minimum atomic E-state index is -3.82. The standard InChI is InChI=1S/C14H16FN3O2S/c15-13-4-1-5-14(12(13)9-16)21(19,20)18-8-7-17-6-2-3-11(17)10-18/h1,4-5,11H,2-3,6-8,10H2. The van der Waals surface area contributed by atoms with Gasteiger partial charge in [0.05, 0.1) is 0 Å². The minimum Gasteiger partial charge on any atom is -0.298 e. The van der Waals surface area contributed by atoms with Crippen molar-refractivity contribution in [2.24, 2.45) is 0 Å². The van der Waals surface area contributed by atoms with E-state index in [0.717, 1.165) is 25.5 Å². The molecule has 2 aliphatic heterocycles. The lowest BCUT2D eigenvalue weighted by Crippen LogP contribution is -2.52. The second kappa shape index (κ2) is 5.37. The molecule has 1 aromatic carbocycles. The van der Waals surface area contributed by atoms with Crippen LogP contribution in [0.25, 0.3) is 0 Å². The third-order valence-corrected chi connectivity index (χ3v) is 6.16. The fraction of sp³-hybridized carbons (Fsp3) is 0.500. The Hall–Kier alpha value is -1.49. The van der Waals surface area contributed by atoms with E-state index < -0.39 is 21.4 Å². The SMILES string of the molecule is N#Cc1c(F)cccc1S(=O)(=O)N1CCN2CCCC2C1. The van der Waals surface area contributed by atoms with Crippen LogP contribution in [0.5, 0.6) is 0 Å². The van der Waals surface area contributed by atoms with Gasteiger partial charge >= 0.3 is 0 Å². The van der Waals surface area contributed by atoms with Crippen molar-refractivity contribution >= 4 is 10.0 Å². The van der Waals surface area contributed by atoms with Crippen molar-refractivity contribution in [1.82, 2.24) is 9.21 Å². The molecule has 0 aliphatic carbocycles. The zero-order valence-corrected chi connectivity index (χ0v) is 12.3. The number of rotatable bonds is 2. The summed E-state index contributed by atoms with van der Waals surface area (Å²) < 4.78 is 40.4. The van der Waals surface area contributed by atoms with Gasteiger partial charge in [-0.1, -0.05) is 6.07 Å². The molecule has 0 aromatic heterocycles. The Kier molecular flexibility index (Phi) is 3.69. The van der Waals surface area contributed by atoms with Crippen LogP contribution in [-0.2, 0) is 10.0 Å². The van der Waals surface area contributed by atoms with Gasteiger partial charge in [-0.3, -0.25) is 4.90 Å². The topological polar surface area (TPSA) is 64.4 Å². The number of nitrogens with zero attached hydrogens (tertiary/aromatic N) is 3. The molecule has 2 fully saturated rings. The van der Waals surface area contributed by atoms with Crippen LogP contribution in [0.1, 0.15) is 18.4 Å². The highest BCUT2D eigenvalue weighted by atomic mass is 32.2. The largest absolute Gasteiger partial charge is 0.298 e. The number of piperazine rings is 1. The van der Waals surface area contributed by atoms with E-state index in [4.69, 9.17) is 5.26 Å². The Bertz CT molecular complexity index is 699. The van der Waals surface area contributed by atoms with E-state index in [1.807, 2.05) is 0 Å². The summed E-state index contributed by atoms with van der Waals surface area (Å²) in [6.07, 6.45) is 2.07. The van der Waals surface area contributed by atoms with Crippen LogP contribution in [0, 0.1) is 17.1 Å². The molecule has 0 saturated carbocycles. The smallest absolute Gasteiger partial charge is 0.244 e. The zero-order valence-electron chi connectivity index (χ0n) is 11.5. The highest BCUT2D eigenvalue weighted by molar-refractivity contribution is 7.89. The van der Waals surface area contributed by atoms with Gasteiger partial charge in [0.15, 0.2) is 0 Å². The van der Waals surface area contributed by atoms with Crippen LogP contribution in [0.2, 0.25) is 0 Å². The van der Waals surface area contributed by atoms with Gasteiger partial charge in [0, 0.05) is 25.7 Å². The van der Waals surface area contributed by atoms with Gasteiger partial charge < -0.3 is 0 Å². The molecule has 1 aromatic rings. The van der Waals surface area contributed by atoms with Crippen LogP contribution >= 0.6 is 0 Å². The molecular weight excluding hydrogens is 293 g/mol. The summed E-state index contributed by atoms with van der Waals surface area (Å²) >= 11 is 0. The van der Waals surface area contributed by atoms with Crippen molar-refractivity contribution in [3.05, 3.63) is 29.6 Å². The van der Waals surface area contributed by atoms with Gasteiger partial charge in [0.25, 0.3) is 0 Å². The van der Waals surface area contributed by atoms with Gasteiger partial charge in [0.2, 0.25) is 10.0 Å². The van der Waals surface area contributed by atoms with E-state index in [1.165, 1.54) is 16.4 Å². The lowest BCUT2D eigenvalue weighted by molar-refractivity contribution is 0.158. The normalized spacial score (nSPS) is 23.7. The Morgan fingerprint density at radius 2 is 2.10 bits per heavy atom. The van der Waals surface area contributed by atoms with Crippen LogP contribution < -0.4 is 0 Å². The summed E-state index contributed by atoms with van der Waals surface area (Å²) in [6, 6.07) is 5.64. The van der Waals surface area contributed by atoms with E-state index in [0.29, 0.717) is 19.6 Å². The highest BCUT2D eigenvalue weighted by Crippen LogP contribution is 2.27. The maximum atomic E-state index is 13.6. The van der Waals surface area contributed by atoms with E-state index in [9.17, 15) is 12.8 Å². The molecule has 1 atom stereocenters. The van der Waals surface area contributed by atoms with Gasteiger partial charge in [-0.2, -0.15) is 9.57 Å². The summed E-state index contributed by atoms with van der Waals surface area (Å²) in [5, 5.41) is 9.03. The molecule has 5 nitrogen and oxygen atoms in total. The number of sulfonamides is 1. The van der Waals surface area contributed by atoms with E-state index in [2.05, 4.69) is 4.90 Å². The number of hydrogen-bond acceptors (Lipinski definition) is 4. The van der Waals surface area contributed by atoms with Crippen LogP contribution in [0.3, 0.4) is 0 Å². The number of fused-ring (bicyclic) bond motifs is 1. The molecule has 0 radical (unpaired) electrons. The van der Waals surface area contributed by atoms with Crippen molar-refractivity contribution in [1.29, 1.82) is 5.26 Å². The fourth-order valence-electron chi connectivity index (χ4n) is 3.15. The second-order valence-electron chi connectivity index (χ2n) is 5.42. The van der Waals surface area contributed by atoms with Gasteiger partial charge in [-0.15, -0.1) is 0 Å². The van der Waals surface area contributed by atoms with Crippen molar-refractivity contribution in [3.63, 3.8) is 0 Å². The number of nitriles is 1. The van der Waals surface area contributed by atoms with Crippen molar-refractivity contribution < 1.29 is 12.8 Å². The fourth-order valence-corrected chi connectivity index (χ4v) is 4.77. The monoisotopic (exact) mass is 309 g/mol. The van der Waals surface area contributed by atoms with Gasteiger partial charge in [-0.05, 0) is 31.5 Å². The molecule has 3 rings (SSSR count). The van der Waals surface area contributed by atoms with Crippen LogP contribution in [0.4, 0.5) is 4.39 Å². The average Bonchev–Trinajstić information content (AvgIpc) is 2.94. The molecule has 7 heteroatoms. The van der Waals surface area contributed by atoms with E-state index in [-0.39, 0.29) is 10.9 Å². The molecule has 2 heterocycles. The third kappa shape index (κ3) is 2.44. The molecule has 0 bridgehead atoms. The molecule has 21 heavy (non-hydrogen) atoms. The van der Waals surface area contributed by atoms with E-state index in [1.54, 1.807) is 6.07 Å². The molecule has 0 spiro atoms. The molecule has 2 saturated heterocycles. The molecule has 1 unspecified atom stereocenters. The van der Waals surface area contributed by atoms with Crippen LogP contribution in [-0.4, -0.2) is 49.8 Å². The predicted octanol–water partition coefficient (Wildman–Crippen LogP) is 1.17. The third-order valence-electron chi connectivity index (χ3n) is 4.26. The Morgan fingerprint density at radius 3 is 2.86 bits per heavy atom. The highest BCUT2D eigenvalue weighted by Gasteiger charge is 2.37. The lowest BCUT2D eigenvalue weighted by Gasteiger charge is -2.36. The molecule has 0 N–H and O–H groups in total. The molecule has 2 aliphatic rings.